The van der Waals surface area contributed by atoms with Crippen LogP contribution in [0.5, 0.6) is 5.75 Å². The van der Waals surface area contributed by atoms with Crippen LogP contribution in [0, 0.1) is 46.6 Å². The molecular weight excluding hydrogens is 466 g/mol. The van der Waals surface area contributed by atoms with Gasteiger partial charge in [0.1, 0.15) is 29.0 Å². The lowest BCUT2D eigenvalue weighted by Crippen LogP contribution is -2.28. The second-order valence-electron chi connectivity index (χ2n) is 10.4. The zero-order chi connectivity index (χ0) is 25.7. The highest BCUT2D eigenvalue weighted by molar-refractivity contribution is 5.65. The van der Waals surface area contributed by atoms with Crippen molar-refractivity contribution in [1.29, 1.82) is 5.26 Å². The molecule has 0 amide bonds. The number of hydrogen-bond donors (Lipinski definition) is 0. The Hall–Kier alpha value is -2.81. The van der Waals surface area contributed by atoms with Crippen LogP contribution in [0.4, 0.5) is 17.6 Å². The van der Waals surface area contributed by atoms with Crippen LogP contribution in [0.25, 0.3) is 11.1 Å². The monoisotopic (exact) mass is 499 g/mol. The highest BCUT2D eigenvalue weighted by Crippen LogP contribution is 2.43. The van der Waals surface area contributed by atoms with Crippen LogP contribution < -0.4 is 4.74 Å². The molecule has 0 radical (unpaired) electrons. The summed E-state index contributed by atoms with van der Waals surface area (Å²) in [6.45, 7) is 3.92. The van der Waals surface area contributed by atoms with Crippen LogP contribution in [-0.2, 0) is 0 Å². The first-order valence-corrected chi connectivity index (χ1v) is 13.0. The summed E-state index contributed by atoms with van der Waals surface area (Å²) >= 11 is 0. The number of nitriles is 1. The molecule has 2 aromatic carbocycles. The Bertz CT molecular complexity index is 1050. The lowest BCUT2D eigenvalue weighted by atomic mass is 9.69. The Labute approximate surface area is 211 Å². The van der Waals surface area contributed by atoms with Crippen LogP contribution in [0.2, 0.25) is 0 Å². The van der Waals surface area contributed by atoms with Crippen molar-refractivity contribution >= 4 is 0 Å². The van der Waals surface area contributed by atoms with E-state index in [-0.39, 0.29) is 17.7 Å². The fraction of sp³-hybridized carbons (Fsp3) is 0.500. The number of benzene rings is 2. The zero-order valence-corrected chi connectivity index (χ0v) is 20.5. The summed E-state index contributed by atoms with van der Waals surface area (Å²) in [5.41, 5.74) is -0.00293. The van der Waals surface area contributed by atoms with E-state index in [2.05, 4.69) is 12.7 Å². The van der Waals surface area contributed by atoms with Crippen LogP contribution in [0.3, 0.4) is 0 Å². The van der Waals surface area contributed by atoms with E-state index < -0.39 is 23.3 Å². The first kappa shape index (κ1) is 26.3. The third kappa shape index (κ3) is 6.49. The van der Waals surface area contributed by atoms with Gasteiger partial charge in [0.15, 0.2) is 0 Å². The molecular formula is C30H33F4NO. The lowest BCUT2D eigenvalue weighted by Gasteiger charge is -2.37. The third-order valence-electron chi connectivity index (χ3n) is 8.16. The van der Waals surface area contributed by atoms with Crippen molar-refractivity contribution in [2.45, 2.75) is 70.3 Å². The van der Waals surface area contributed by atoms with Gasteiger partial charge in [0.05, 0.1) is 6.42 Å². The van der Waals surface area contributed by atoms with Crippen LogP contribution >= 0.6 is 0 Å². The van der Waals surface area contributed by atoms with Gasteiger partial charge in [-0.2, -0.15) is 14.0 Å². The molecule has 0 aromatic heterocycles. The number of alkyl halides is 2. The molecule has 0 heterocycles. The van der Waals surface area contributed by atoms with E-state index in [0.717, 1.165) is 49.7 Å². The van der Waals surface area contributed by atoms with Gasteiger partial charge >= 0.3 is 6.11 Å². The van der Waals surface area contributed by atoms with Crippen molar-refractivity contribution in [3.05, 3.63) is 66.3 Å². The smallest absolute Gasteiger partial charge is 0.397 e. The summed E-state index contributed by atoms with van der Waals surface area (Å²) in [5, 5.41) is 8.79. The maximum atomic E-state index is 14.6. The fourth-order valence-corrected chi connectivity index (χ4v) is 5.96. The van der Waals surface area contributed by atoms with Gasteiger partial charge in [0.25, 0.3) is 0 Å². The molecule has 2 aliphatic rings. The Kier molecular flexibility index (Phi) is 8.39. The van der Waals surface area contributed by atoms with Crippen molar-refractivity contribution in [2.24, 2.45) is 23.7 Å². The normalized spacial score (nSPS) is 24.6. The van der Waals surface area contributed by atoms with Gasteiger partial charge in [0.2, 0.25) is 0 Å². The molecule has 2 saturated carbocycles. The van der Waals surface area contributed by atoms with Crippen LogP contribution in [0.15, 0.2) is 49.1 Å². The summed E-state index contributed by atoms with van der Waals surface area (Å²) in [7, 11) is 0. The number of nitrogens with zero attached hydrogens (tertiary/aromatic N) is 1. The molecule has 2 aliphatic carbocycles. The van der Waals surface area contributed by atoms with Gasteiger partial charge < -0.3 is 4.74 Å². The SMILES string of the molecule is C=CC1CCC(C2CCC(CCC(F)(F)Oc3ccc(-c4cc(F)c(C#N)c(F)c4)cc3)CC2)CC1. The average Bonchev–Trinajstić information content (AvgIpc) is 2.88. The van der Waals surface area contributed by atoms with Crippen molar-refractivity contribution in [2.75, 3.05) is 0 Å². The first-order chi connectivity index (χ1) is 17.3. The molecule has 0 saturated heterocycles. The number of rotatable bonds is 8. The van der Waals surface area contributed by atoms with Gasteiger partial charge in [-0.15, -0.1) is 6.58 Å². The lowest BCUT2D eigenvalue weighted by molar-refractivity contribution is -0.183. The molecule has 2 nitrogen and oxygen atoms in total. The summed E-state index contributed by atoms with van der Waals surface area (Å²) in [6.07, 6.45) is 8.21. The minimum absolute atomic E-state index is 0.00262. The molecule has 36 heavy (non-hydrogen) atoms. The van der Waals surface area contributed by atoms with E-state index in [0.29, 0.717) is 23.8 Å². The number of allylic oxidation sites excluding steroid dienone is 1. The van der Waals surface area contributed by atoms with Gasteiger partial charge in [-0.1, -0.05) is 31.1 Å². The van der Waals surface area contributed by atoms with Gasteiger partial charge in [-0.05, 0) is 104 Å². The van der Waals surface area contributed by atoms with Crippen molar-refractivity contribution in [3.63, 3.8) is 0 Å². The standard InChI is InChI=1S/C30H33F4NO/c1-2-20-3-7-22(8-4-20)23-9-5-21(6-10-23)15-16-30(33,34)36-26-13-11-24(12-14-26)25-17-28(31)27(19-35)29(32)18-25/h2,11-14,17-18,20-23H,1,3-10,15-16H2. The number of halogens is 4. The Morgan fingerprint density at radius 2 is 1.44 bits per heavy atom. The Balaban J connectivity index is 1.25. The summed E-state index contributed by atoms with van der Waals surface area (Å²) in [6, 6.07) is 9.24. The molecule has 0 spiro atoms. The van der Waals surface area contributed by atoms with E-state index in [1.54, 1.807) is 0 Å². The van der Waals surface area contributed by atoms with E-state index in [9.17, 15) is 17.6 Å². The highest BCUT2D eigenvalue weighted by Gasteiger charge is 2.35. The van der Waals surface area contributed by atoms with E-state index in [1.165, 1.54) is 56.0 Å². The van der Waals surface area contributed by atoms with Gasteiger partial charge in [-0.25, -0.2) is 8.78 Å². The fourth-order valence-electron chi connectivity index (χ4n) is 5.96. The van der Waals surface area contributed by atoms with E-state index in [1.807, 2.05) is 0 Å². The minimum atomic E-state index is -3.28. The molecule has 0 unspecified atom stereocenters. The molecule has 6 heteroatoms. The van der Waals surface area contributed by atoms with Gasteiger partial charge in [0, 0.05) is 0 Å². The summed E-state index contributed by atoms with van der Waals surface area (Å²) in [5.74, 6) is 0.563. The van der Waals surface area contributed by atoms with E-state index >= 15 is 0 Å². The largest absolute Gasteiger partial charge is 0.433 e. The molecule has 0 bridgehead atoms. The quantitative estimate of drug-likeness (QED) is 0.268. The summed E-state index contributed by atoms with van der Waals surface area (Å²) in [4.78, 5) is 0. The average molecular weight is 500 g/mol. The molecule has 0 atom stereocenters. The molecule has 0 aliphatic heterocycles. The predicted molar refractivity (Wildman–Crippen MR) is 132 cm³/mol. The van der Waals surface area contributed by atoms with Crippen molar-refractivity contribution in [3.8, 4) is 22.9 Å². The second-order valence-corrected chi connectivity index (χ2v) is 10.4. The van der Waals surface area contributed by atoms with Gasteiger partial charge in [-0.3, -0.25) is 0 Å². The summed E-state index contributed by atoms with van der Waals surface area (Å²) < 4.78 is 61.9. The molecule has 0 N–H and O–H groups in total. The maximum absolute atomic E-state index is 14.6. The molecule has 2 fully saturated rings. The number of ether oxygens (including phenoxy) is 1. The minimum Gasteiger partial charge on any atom is -0.433 e. The second kappa shape index (κ2) is 11.5. The Morgan fingerprint density at radius 1 is 0.889 bits per heavy atom. The Morgan fingerprint density at radius 3 is 1.97 bits per heavy atom. The van der Waals surface area contributed by atoms with Crippen molar-refractivity contribution in [1.82, 2.24) is 0 Å². The van der Waals surface area contributed by atoms with Crippen LogP contribution in [0.1, 0.15) is 69.8 Å². The third-order valence-corrected chi connectivity index (χ3v) is 8.16. The van der Waals surface area contributed by atoms with E-state index in [4.69, 9.17) is 10.00 Å². The molecule has 2 aromatic rings. The topological polar surface area (TPSA) is 33.0 Å². The predicted octanol–water partition coefficient (Wildman–Crippen LogP) is 9.05. The maximum Gasteiger partial charge on any atom is 0.397 e. The first-order valence-electron chi connectivity index (χ1n) is 13.0. The van der Waals surface area contributed by atoms with Crippen molar-refractivity contribution < 1.29 is 22.3 Å². The number of hydrogen-bond acceptors (Lipinski definition) is 2. The van der Waals surface area contributed by atoms with Crippen LogP contribution in [-0.4, -0.2) is 6.11 Å². The zero-order valence-electron chi connectivity index (χ0n) is 20.5. The molecule has 192 valence electrons. The highest BCUT2D eigenvalue weighted by atomic mass is 19.3. The molecule has 4 rings (SSSR count).